The van der Waals surface area contributed by atoms with Gasteiger partial charge in [-0.2, -0.15) is 0 Å². The first-order valence-corrected chi connectivity index (χ1v) is 3.84. The Morgan fingerprint density at radius 1 is 1.83 bits per heavy atom. The van der Waals surface area contributed by atoms with Gasteiger partial charge in [0.2, 0.25) is 5.12 Å². The van der Waals surface area contributed by atoms with Gasteiger partial charge in [0.15, 0.2) is 0 Å². The lowest BCUT2D eigenvalue weighted by Crippen LogP contribution is -2.38. The fourth-order valence-electron chi connectivity index (χ4n) is 0.770. The van der Waals surface area contributed by atoms with E-state index in [1.165, 1.54) is 13.0 Å². The lowest BCUT2D eigenvalue weighted by atomic mass is 10.3. The average Bonchev–Trinajstić information content (AvgIpc) is 1.82. The number of nitrogens with one attached hydrogen (secondary N) is 1. The number of carboxylic acids is 1. The number of aliphatic imine (C=N–C) groups is 1. The van der Waals surface area contributed by atoms with Crippen molar-refractivity contribution in [3.63, 3.8) is 0 Å². The molecule has 0 saturated carbocycles. The maximum Gasteiger partial charge on any atom is 0.354 e. The second-order valence-electron chi connectivity index (χ2n) is 2.37. The zero-order valence-corrected chi connectivity index (χ0v) is 7.65. The van der Waals surface area contributed by atoms with Gasteiger partial charge >= 0.3 is 5.97 Å². The summed E-state index contributed by atoms with van der Waals surface area (Å²) in [5.41, 5.74) is -0.156. The Labute approximate surface area is 78.9 Å². The third-order valence-electron chi connectivity index (χ3n) is 1.16. The molecule has 4 nitrogen and oxygen atoms in total. The molecule has 0 aliphatic carbocycles. The van der Waals surface area contributed by atoms with Crippen LogP contribution in [0.2, 0.25) is 0 Å². The van der Waals surface area contributed by atoms with Crippen LogP contribution in [-0.2, 0) is 4.79 Å². The highest BCUT2D eigenvalue weighted by atomic mass is 35.5. The molecule has 0 amide bonds. The molecule has 1 aliphatic rings. The summed E-state index contributed by atoms with van der Waals surface area (Å²) in [6.45, 7) is 1.51. The summed E-state index contributed by atoms with van der Waals surface area (Å²) >= 11 is 11.3. The third-order valence-corrected chi connectivity index (χ3v) is 1.54. The number of carboxylic acid groups (broad SMARTS) is 1. The fraction of sp³-hybridized carbons (Fsp3) is 0.333. The third kappa shape index (κ3) is 2.12. The van der Waals surface area contributed by atoms with Gasteiger partial charge in [-0.05, 0) is 6.92 Å². The second kappa shape index (κ2) is 2.95. The standard InChI is InChI=1S/C6H6Cl2N2O2/c1-6(8)9-3(5(11)12)2-4(7)10-6/h2,10H,1H3,(H,11,12). The van der Waals surface area contributed by atoms with Crippen LogP contribution >= 0.6 is 23.2 Å². The predicted molar refractivity (Wildman–Crippen MR) is 46.4 cm³/mol. The summed E-state index contributed by atoms with van der Waals surface area (Å²) in [6, 6.07) is 0. The predicted octanol–water partition coefficient (Wildman–Crippen LogP) is 1.11. The highest BCUT2D eigenvalue weighted by molar-refractivity contribution is 6.45. The lowest BCUT2D eigenvalue weighted by molar-refractivity contribution is -0.129. The fourth-order valence-corrected chi connectivity index (χ4v) is 1.30. The molecule has 1 rings (SSSR count). The second-order valence-corrected chi connectivity index (χ2v) is 3.52. The van der Waals surface area contributed by atoms with Crippen LogP contribution in [0.3, 0.4) is 0 Å². The number of alkyl halides is 1. The molecule has 2 N–H and O–H groups in total. The molecule has 0 fully saturated rings. The molecule has 1 unspecified atom stereocenters. The molecule has 0 saturated heterocycles. The molecule has 0 aromatic heterocycles. The van der Waals surface area contributed by atoms with E-state index >= 15 is 0 Å². The molecule has 0 radical (unpaired) electrons. The van der Waals surface area contributed by atoms with Crippen LogP contribution < -0.4 is 5.32 Å². The summed E-state index contributed by atoms with van der Waals surface area (Å²) < 4.78 is 0. The number of hydrogen-bond acceptors (Lipinski definition) is 3. The van der Waals surface area contributed by atoms with Crippen molar-refractivity contribution in [3.05, 3.63) is 11.2 Å². The van der Waals surface area contributed by atoms with Gasteiger partial charge in [-0.15, -0.1) is 0 Å². The summed E-state index contributed by atoms with van der Waals surface area (Å²) in [4.78, 5) is 14.1. The number of nitrogens with zero attached hydrogens (tertiary/aromatic N) is 1. The van der Waals surface area contributed by atoms with Gasteiger partial charge < -0.3 is 10.4 Å². The maximum atomic E-state index is 10.5. The average molecular weight is 209 g/mol. The van der Waals surface area contributed by atoms with Crippen molar-refractivity contribution < 1.29 is 9.90 Å². The Morgan fingerprint density at radius 3 is 2.83 bits per heavy atom. The Kier molecular flexibility index (Phi) is 2.30. The minimum Gasteiger partial charge on any atom is -0.477 e. The van der Waals surface area contributed by atoms with Crippen LogP contribution in [0.15, 0.2) is 16.2 Å². The van der Waals surface area contributed by atoms with Gasteiger partial charge in [0, 0.05) is 6.08 Å². The Bertz CT molecular complexity index is 283. The largest absolute Gasteiger partial charge is 0.477 e. The summed E-state index contributed by atoms with van der Waals surface area (Å²) in [7, 11) is 0. The normalized spacial score (nSPS) is 28.6. The summed E-state index contributed by atoms with van der Waals surface area (Å²) in [6.07, 6.45) is 1.20. The Hall–Kier alpha value is -0.740. The SMILES string of the molecule is CC1(Cl)N=C(C(=O)O)C=C(Cl)N1. The van der Waals surface area contributed by atoms with E-state index in [9.17, 15) is 4.79 Å². The first kappa shape index (κ1) is 9.35. The van der Waals surface area contributed by atoms with Gasteiger partial charge in [0.25, 0.3) is 0 Å². The molecule has 6 heteroatoms. The minimum atomic E-state index is -1.17. The molecule has 66 valence electrons. The summed E-state index contributed by atoms with van der Waals surface area (Å²) in [5.74, 6) is -1.15. The number of halogens is 2. The van der Waals surface area contributed by atoms with Crippen molar-refractivity contribution in [1.29, 1.82) is 0 Å². The van der Waals surface area contributed by atoms with Crippen LogP contribution in [0.1, 0.15) is 6.92 Å². The van der Waals surface area contributed by atoms with E-state index in [-0.39, 0.29) is 10.9 Å². The van der Waals surface area contributed by atoms with Crippen molar-refractivity contribution in [3.8, 4) is 0 Å². The van der Waals surface area contributed by atoms with E-state index in [2.05, 4.69) is 10.3 Å². The molecule has 1 heterocycles. The van der Waals surface area contributed by atoms with Crippen LogP contribution in [0.4, 0.5) is 0 Å². The Morgan fingerprint density at radius 2 is 2.42 bits per heavy atom. The smallest absolute Gasteiger partial charge is 0.354 e. The van der Waals surface area contributed by atoms with Crippen LogP contribution in [0.5, 0.6) is 0 Å². The monoisotopic (exact) mass is 208 g/mol. The van der Waals surface area contributed by atoms with Crippen molar-refractivity contribution in [2.45, 2.75) is 12.0 Å². The quantitative estimate of drug-likeness (QED) is 0.502. The van der Waals surface area contributed by atoms with Crippen molar-refractivity contribution in [2.75, 3.05) is 0 Å². The maximum absolute atomic E-state index is 10.5. The van der Waals surface area contributed by atoms with Gasteiger partial charge in [-0.25, -0.2) is 9.79 Å². The minimum absolute atomic E-state index is 0.156. The zero-order valence-electron chi connectivity index (χ0n) is 6.14. The van der Waals surface area contributed by atoms with E-state index in [1.807, 2.05) is 0 Å². The van der Waals surface area contributed by atoms with E-state index in [1.54, 1.807) is 0 Å². The van der Waals surface area contributed by atoms with Crippen LogP contribution in [-0.4, -0.2) is 21.9 Å². The van der Waals surface area contributed by atoms with E-state index in [0.29, 0.717) is 0 Å². The van der Waals surface area contributed by atoms with Crippen molar-refractivity contribution >= 4 is 34.9 Å². The van der Waals surface area contributed by atoms with E-state index < -0.39 is 11.1 Å². The van der Waals surface area contributed by atoms with Gasteiger partial charge in [0.05, 0.1) is 0 Å². The topological polar surface area (TPSA) is 61.7 Å². The molecule has 12 heavy (non-hydrogen) atoms. The highest BCUT2D eigenvalue weighted by Gasteiger charge is 2.26. The van der Waals surface area contributed by atoms with Gasteiger partial charge in [-0.3, -0.25) is 0 Å². The number of rotatable bonds is 1. The van der Waals surface area contributed by atoms with Crippen molar-refractivity contribution in [1.82, 2.24) is 5.32 Å². The summed E-state index contributed by atoms with van der Waals surface area (Å²) in [5, 5.41) is 10.1. The van der Waals surface area contributed by atoms with E-state index in [0.717, 1.165) is 0 Å². The highest BCUT2D eigenvalue weighted by Crippen LogP contribution is 2.20. The lowest BCUT2D eigenvalue weighted by Gasteiger charge is -2.23. The molecule has 0 spiro atoms. The molecule has 0 bridgehead atoms. The molecule has 0 aromatic carbocycles. The number of carbonyl (C=O) groups is 1. The first-order valence-electron chi connectivity index (χ1n) is 3.08. The molecular formula is C6H6Cl2N2O2. The van der Waals surface area contributed by atoms with Crippen molar-refractivity contribution in [2.24, 2.45) is 4.99 Å². The first-order chi connectivity index (χ1) is 5.41. The number of aliphatic carboxylic acids is 1. The van der Waals surface area contributed by atoms with Gasteiger partial charge in [0.1, 0.15) is 10.9 Å². The van der Waals surface area contributed by atoms with E-state index in [4.69, 9.17) is 28.3 Å². The zero-order chi connectivity index (χ0) is 9.35. The van der Waals surface area contributed by atoms with Crippen LogP contribution in [0.25, 0.3) is 0 Å². The van der Waals surface area contributed by atoms with Gasteiger partial charge in [-0.1, -0.05) is 23.2 Å². The Balaban J connectivity index is 3.01. The number of hydrogen-bond donors (Lipinski definition) is 2. The van der Waals surface area contributed by atoms with Crippen LogP contribution in [0, 0.1) is 0 Å². The molecule has 1 atom stereocenters. The molecular weight excluding hydrogens is 203 g/mol. The molecule has 1 aliphatic heterocycles. The molecule has 0 aromatic rings.